The number of imidazole rings is 1. The van der Waals surface area contributed by atoms with Gasteiger partial charge in [-0.05, 0) is 19.9 Å². The number of nitrogens with zero attached hydrogens (tertiary/aromatic N) is 4. The van der Waals surface area contributed by atoms with Crippen molar-refractivity contribution in [3.05, 3.63) is 32.2 Å². The number of hydrogen-bond acceptors (Lipinski definition) is 3. The van der Waals surface area contributed by atoms with Crippen LogP contribution in [0.4, 0.5) is 0 Å². The lowest BCUT2D eigenvalue weighted by atomic mass is 10.3. The highest BCUT2D eigenvalue weighted by Gasteiger charge is 2.15. The third-order valence-corrected chi connectivity index (χ3v) is 2.93. The average Bonchev–Trinajstić information content (AvgIpc) is 2.61. The lowest BCUT2D eigenvalue weighted by Gasteiger charge is -2.03. The van der Waals surface area contributed by atoms with Gasteiger partial charge in [-0.2, -0.15) is 0 Å². The van der Waals surface area contributed by atoms with Crippen molar-refractivity contribution in [1.82, 2.24) is 18.7 Å². The number of rotatable bonds is 1. The molecule has 0 unspecified atom stereocenters. The van der Waals surface area contributed by atoms with Crippen LogP contribution in [0.3, 0.4) is 0 Å². The molecule has 0 aliphatic rings. The van der Waals surface area contributed by atoms with E-state index in [0.29, 0.717) is 17.0 Å². The molecule has 6 heteroatoms. The SMILES string of the molecule is CC(C)=Cc1nc2c(c(=O)n(C)c(=O)n2C)n1C. The molecule has 0 amide bonds. The monoisotopic (exact) mass is 248 g/mol. The predicted molar refractivity (Wildman–Crippen MR) is 70.5 cm³/mol. The van der Waals surface area contributed by atoms with E-state index in [-0.39, 0.29) is 11.2 Å². The first-order chi connectivity index (χ1) is 8.34. The molecule has 6 nitrogen and oxygen atoms in total. The minimum Gasteiger partial charge on any atom is -0.322 e. The van der Waals surface area contributed by atoms with Crippen molar-refractivity contribution in [1.29, 1.82) is 0 Å². The fourth-order valence-electron chi connectivity index (χ4n) is 1.92. The van der Waals surface area contributed by atoms with Gasteiger partial charge in [0.25, 0.3) is 5.56 Å². The van der Waals surface area contributed by atoms with E-state index < -0.39 is 0 Å². The normalized spacial score (nSPS) is 10.9. The molecule has 0 saturated carbocycles. The van der Waals surface area contributed by atoms with Crippen molar-refractivity contribution in [2.24, 2.45) is 21.1 Å². The van der Waals surface area contributed by atoms with Crippen LogP contribution < -0.4 is 11.2 Å². The molecule has 2 rings (SSSR count). The number of allylic oxidation sites excluding steroid dienone is 1. The Morgan fingerprint density at radius 2 is 1.67 bits per heavy atom. The van der Waals surface area contributed by atoms with Crippen molar-refractivity contribution in [3.63, 3.8) is 0 Å². The van der Waals surface area contributed by atoms with Crippen molar-refractivity contribution in [3.8, 4) is 0 Å². The Morgan fingerprint density at radius 3 is 2.22 bits per heavy atom. The third kappa shape index (κ3) is 1.61. The predicted octanol–water partition coefficient (Wildman–Crippen LogP) is 0.394. The van der Waals surface area contributed by atoms with Gasteiger partial charge in [0, 0.05) is 21.1 Å². The molecule has 0 saturated heterocycles. The standard InChI is InChI=1S/C12H16N4O2/c1-7(2)6-8-13-10-9(14(8)3)11(17)16(5)12(18)15(10)4/h6H,1-5H3. The van der Waals surface area contributed by atoms with Crippen molar-refractivity contribution in [2.45, 2.75) is 13.8 Å². The molecule has 96 valence electrons. The van der Waals surface area contributed by atoms with Crippen LogP contribution in [0, 0.1) is 0 Å². The minimum atomic E-state index is -0.366. The molecular formula is C12H16N4O2. The summed E-state index contributed by atoms with van der Waals surface area (Å²) in [5.41, 5.74) is 1.24. The molecule has 0 aliphatic carbocycles. The van der Waals surface area contributed by atoms with Crippen molar-refractivity contribution in [2.75, 3.05) is 0 Å². The van der Waals surface area contributed by atoms with Gasteiger partial charge in [0.1, 0.15) is 5.82 Å². The first-order valence-corrected chi connectivity index (χ1v) is 5.62. The molecule has 0 aromatic carbocycles. The van der Waals surface area contributed by atoms with Crippen LogP contribution in [-0.4, -0.2) is 18.7 Å². The summed E-state index contributed by atoms with van der Waals surface area (Å²) >= 11 is 0. The van der Waals surface area contributed by atoms with Gasteiger partial charge in [-0.1, -0.05) is 5.57 Å². The molecule has 0 radical (unpaired) electrons. The van der Waals surface area contributed by atoms with E-state index >= 15 is 0 Å². The maximum absolute atomic E-state index is 12.1. The van der Waals surface area contributed by atoms with Crippen molar-refractivity contribution < 1.29 is 0 Å². The van der Waals surface area contributed by atoms with E-state index in [4.69, 9.17) is 0 Å². The first kappa shape index (κ1) is 12.3. The number of aryl methyl sites for hydroxylation is 2. The smallest absolute Gasteiger partial charge is 0.322 e. The van der Waals surface area contributed by atoms with E-state index in [9.17, 15) is 9.59 Å². The van der Waals surface area contributed by atoms with Gasteiger partial charge in [-0.3, -0.25) is 13.9 Å². The van der Waals surface area contributed by atoms with Gasteiger partial charge in [0.05, 0.1) is 0 Å². The summed E-state index contributed by atoms with van der Waals surface area (Å²) in [5, 5.41) is 0. The number of aromatic nitrogens is 4. The quantitative estimate of drug-likeness (QED) is 0.733. The second-order valence-corrected chi connectivity index (χ2v) is 4.63. The summed E-state index contributed by atoms with van der Waals surface area (Å²) < 4.78 is 4.19. The summed E-state index contributed by atoms with van der Waals surface area (Å²) in [7, 11) is 4.86. The summed E-state index contributed by atoms with van der Waals surface area (Å²) in [6.07, 6.45) is 1.88. The number of fused-ring (bicyclic) bond motifs is 1. The highest BCUT2D eigenvalue weighted by molar-refractivity contribution is 5.73. The Bertz CT molecular complexity index is 770. The molecule has 2 aromatic rings. The van der Waals surface area contributed by atoms with Crippen molar-refractivity contribution >= 4 is 17.2 Å². The van der Waals surface area contributed by atoms with Crippen LogP contribution in [0.5, 0.6) is 0 Å². The van der Waals surface area contributed by atoms with Crippen LogP contribution in [0.25, 0.3) is 17.2 Å². The molecule has 0 N–H and O–H groups in total. The van der Waals surface area contributed by atoms with E-state index in [1.54, 1.807) is 18.7 Å². The number of hydrogen-bond donors (Lipinski definition) is 0. The molecule has 0 atom stereocenters. The molecule has 2 heterocycles. The van der Waals surface area contributed by atoms with Gasteiger partial charge in [0.15, 0.2) is 11.2 Å². The van der Waals surface area contributed by atoms with E-state index in [2.05, 4.69) is 4.98 Å². The lowest BCUT2D eigenvalue weighted by molar-refractivity contribution is 0.705. The zero-order valence-electron chi connectivity index (χ0n) is 11.2. The largest absolute Gasteiger partial charge is 0.332 e. The van der Waals surface area contributed by atoms with Crippen LogP contribution in [-0.2, 0) is 21.1 Å². The second kappa shape index (κ2) is 3.97. The Labute approximate surface area is 104 Å². The first-order valence-electron chi connectivity index (χ1n) is 5.62. The van der Waals surface area contributed by atoms with Crippen LogP contribution in [0.2, 0.25) is 0 Å². The van der Waals surface area contributed by atoms with E-state index in [0.717, 1.165) is 10.1 Å². The zero-order valence-corrected chi connectivity index (χ0v) is 11.2. The van der Waals surface area contributed by atoms with Crippen LogP contribution in [0.15, 0.2) is 15.2 Å². The lowest BCUT2D eigenvalue weighted by Crippen LogP contribution is -2.37. The molecule has 2 aromatic heterocycles. The molecule has 18 heavy (non-hydrogen) atoms. The molecular weight excluding hydrogens is 232 g/mol. The Morgan fingerprint density at radius 1 is 1.06 bits per heavy atom. The van der Waals surface area contributed by atoms with Gasteiger partial charge in [-0.25, -0.2) is 9.78 Å². The Kier molecular flexibility index (Phi) is 2.73. The maximum Gasteiger partial charge on any atom is 0.332 e. The molecule has 0 fully saturated rings. The fourth-order valence-corrected chi connectivity index (χ4v) is 1.92. The minimum absolute atomic E-state index is 0.323. The average molecular weight is 248 g/mol. The van der Waals surface area contributed by atoms with Gasteiger partial charge in [-0.15, -0.1) is 0 Å². The highest BCUT2D eigenvalue weighted by atomic mass is 16.2. The van der Waals surface area contributed by atoms with Crippen LogP contribution >= 0.6 is 0 Å². The second-order valence-electron chi connectivity index (χ2n) is 4.63. The molecule has 0 bridgehead atoms. The Hall–Kier alpha value is -2.11. The summed E-state index contributed by atoms with van der Waals surface area (Å²) in [5.74, 6) is 0.670. The van der Waals surface area contributed by atoms with E-state index in [1.807, 2.05) is 19.9 Å². The van der Waals surface area contributed by atoms with Crippen LogP contribution in [0.1, 0.15) is 19.7 Å². The fraction of sp³-hybridized carbons (Fsp3) is 0.417. The summed E-state index contributed by atoms with van der Waals surface area (Å²) in [6, 6.07) is 0. The summed E-state index contributed by atoms with van der Waals surface area (Å²) in [6.45, 7) is 3.91. The van der Waals surface area contributed by atoms with Gasteiger partial charge >= 0.3 is 5.69 Å². The summed E-state index contributed by atoms with van der Waals surface area (Å²) in [4.78, 5) is 28.2. The van der Waals surface area contributed by atoms with Gasteiger partial charge < -0.3 is 4.57 Å². The molecule has 0 aliphatic heterocycles. The van der Waals surface area contributed by atoms with Gasteiger partial charge in [0.2, 0.25) is 0 Å². The topological polar surface area (TPSA) is 61.8 Å². The zero-order chi connectivity index (χ0) is 13.6. The third-order valence-electron chi connectivity index (χ3n) is 2.93. The Balaban J connectivity index is 3.03. The highest BCUT2D eigenvalue weighted by Crippen LogP contribution is 2.11. The van der Waals surface area contributed by atoms with E-state index in [1.165, 1.54) is 11.6 Å². The maximum atomic E-state index is 12.1. The molecule has 0 spiro atoms.